The van der Waals surface area contributed by atoms with Gasteiger partial charge in [-0.3, -0.25) is 4.79 Å². The van der Waals surface area contributed by atoms with Crippen LogP contribution in [-0.4, -0.2) is 30.3 Å². The monoisotopic (exact) mass is 378 g/mol. The first-order valence-corrected chi connectivity index (χ1v) is 7.66. The van der Waals surface area contributed by atoms with E-state index in [0.717, 1.165) is 15.6 Å². The molecule has 0 heterocycles. The number of carboxylic acid groups (broad SMARTS) is 1. The second kappa shape index (κ2) is 7.78. The van der Waals surface area contributed by atoms with Crippen molar-refractivity contribution in [3.63, 3.8) is 0 Å². The maximum absolute atomic E-state index is 11.1. The molecule has 0 spiro atoms. The molecular formula is C17H15BrO5. The van der Waals surface area contributed by atoms with Crippen molar-refractivity contribution in [1.29, 1.82) is 0 Å². The molecule has 2 aromatic rings. The Hall–Kier alpha value is -2.34. The summed E-state index contributed by atoms with van der Waals surface area (Å²) in [6.45, 7) is 1.56. The zero-order valence-electron chi connectivity index (χ0n) is 12.4. The van der Waals surface area contributed by atoms with E-state index in [2.05, 4.69) is 15.9 Å². The van der Waals surface area contributed by atoms with Gasteiger partial charge in [-0.1, -0.05) is 28.1 Å². The Kier molecular flexibility index (Phi) is 5.76. The molecule has 0 unspecified atom stereocenters. The summed E-state index contributed by atoms with van der Waals surface area (Å²) in [5.41, 5.74) is 1.78. The van der Waals surface area contributed by atoms with Gasteiger partial charge in [-0.2, -0.15) is 0 Å². The topological polar surface area (TPSA) is 72.8 Å². The number of aromatic carboxylic acids is 1. The zero-order valence-corrected chi connectivity index (χ0v) is 14.0. The molecule has 0 amide bonds. The minimum atomic E-state index is -1.03. The largest absolute Gasteiger partial charge is 0.489 e. The third-order valence-corrected chi connectivity index (χ3v) is 3.50. The molecule has 0 fully saturated rings. The van der Waals surface area contributed by atoms with Gasteiger partial charge in [0.05, 0.1) is 5.56 Å². The van der Waals surface area contributed by atoms with Crippen molar-refractivity contribution in [3.05, 3.63) is 52.5 Å². The predicted molar refractivity (Wildman–Crippen MR) is 88.7 cm³/mol. The molecule has 23 heavy (non-hydrogen) atoms. The normalized spacial score (nSPS) is 10.2. The first-order valence-electron chi connectivity index (χ1n) is 6.87. The van der Waals surface area contributed by atoms with Crippen LogP contribution in [0, 0.1) is 0 Å². The fourth-order valence-corrected chi connectivity index (χ4v) is 2.41. The van der Waals surface area contributed by atoms with Gasteiger partial charge in [-0.15, -0.1) is 0 Å². The van der Waals surface area contributed by atoms with Gasteiger partial charge in [0.15, 0.2) is 0 Å². The minimum absolute atomic E-state index is 0.102. The van der Waals surface area contributed by atoms with E-state index in [1.54, 1.807) is 6.07 Å². The lowest BCUT2D eigenvalue weighted by Gasteiger charge is -2.13. The molecule has 0 aliphatic carbocycles. The standard InChI is InChI=1S/C17H15BrO5/c1-11(19)22-7-8-23-16-10-13(17(20)21)5-6-15(16)12-3-2-4-14(18)9-12/h2-6,9-10H,7-8H2,1H3,(H,20,21). The van der Waals surface area contributed by atoms with E-state index in [-0.39, 0.29) is 24.7 Å². The summed E-state index contributed by atoms with van der Waals surface area (Å²) in [4.78, 5) is 21.9. The van der Waals surface area contributed by atoms with Crippen LogP contribution in [0.4, 0.5) is 0 Å². The van der Waals surface area contributed by atoms with Crippen molar-refractivity contribution in [2.75, 3.05) is 13.2 Å². The number of carbonyl (C=O) groups is 2. The third-order valence-electron chi connectivity index (χ3n) is 3.01. The molecule has 5 nitrogen and oxygen atoms in total. The maximum atomic E-state index is 11.1. The summed E-state index contributed by atoms with van der Waals surface area (Å²) in [5.74, 6) is -0.995. The average Bonchev–Trinajstić information content (AvgIpc) is 2.51. The molecule has 0 saturated heterocycles. The van der Waals surface area contributed by atoms with Crippen LogP contribution in [-0.2, 0) is 9.53 Å². The number of halogens is 1. The van der Waals surface area contributed by atoms with E-state index in [0.29, 0.717) is 5.75 Å². The Labute approximate surface area is 142 Å². The highest BCUT2D eigenvalue weighted by Crippen LogP contribution is 2.32. The van der Waals surface area contributed by atoms with Crippen LogP contribution in [0.15, 0.2) is 46.9 Å². The second-order valence-electron chi connectivity index (χ2n) is 4.71. The van der Waals surface area contributed by atoms with E-state index >= 15 is 0 Å². The first kappa shape index (κ1) is 17.0. The number of hydrogen-bond donors (Lipinski definition) is 1. The van der Waals surface area contributed by atoms with Crippen LogP contribution in [0.5, 0.6) is 5.75 Å². The lowest BCUT2D eigenvalue weighted by atomic mass is 10.0. The number of carbonyl (C=O) groups excluding carboxylic acids is 1. The van der Waals surface area contributed by atoms with Crippen molar-refractivity contribution in [3.8, 4) is 16.9 Å². The Balaban J connectivity index is 2.29. The molecule has 1 N–H and O–H groups in total. The maximum Gasteiger partial charge on any atom is 0.335 e. The summed E-state index contributed by atoms with van der Waals surface area (Å²) < 4.78 is 11.3. The zero-order chi connectivity index (χ0) is 16.8. The molecule has 0 aromatic heterocycles. The first-order chi connectivity index (χ1) is 11.0. The van der Waals surface area contributed by atoms with Crippen LogP contribution in [0.1, 0.15) is 17.3 Å². The Bertz CT molecular complexity index is 727. The van der Waals surface area contributed by atoms with E-state index in [9.17, 15) is 9.59 Å². The van der Waals surface area contributed by atoms with Gasteiger partial charge in [0.2, 0.25) is 0 Å². The highest BCUT2D eigenvalue weighted by molar-refractivity contribution is 9.10. The van der Waals surface area contributed by atoms with Crippen LogP contribution >= 0.6 is 15.9 Å². The number of ether oxygens (including phenoxy) is 2. The van der Waals surface area contributed by atoms with Gasteiger partial charge < -0.3 is 14.6 Å². The second-order valence-corrected chi connectivity index (χ2v) is 5.63. The highest BCUT2D eigenvalue weighted by atomic mass is 79.9. The van der Waals surface area contributed by atoms with Gasteiger partial charge >= 0.3 is 11.9 Å². The van der Waals surface area contributed by atoms with Crippen molar-refractivity contribution in [1.82, 2.24) is 0 Å². The average molecular weight is 379 g/mol. The number of hydrogen-bond acceptors (Lipinski definition) is 4. The third kappa shape index (κ3) is 4.82. The lowest BCUT2D eigenvalue weighted by molar-refractivity contribution is -0.141. The Morgan fingerprint density at radius 1 is 1.13 bits per heavy atom. The van der Waals surface area contributed by atoms with Crippen LogP contribution in [0.25, 0.3) is 11.1 Å². The molecular weight excluding hydrogens is 364 g/mol. The Morgan fingerprint density at radius 2 is 1.91 bits per heavy atom. The van der Waals surface area contributed by atoms with Crippen molar-refractivity contribution >= 4 is 27.9 Å². The predicted octanol–water partition coefficient (Wildman–Crippen LogP) is 3.76. The van der Waals surface area contributed by atoms with Crippen LogP contribution in [0.2, 0.25) is 0 Å². The summed E-state index contributed by atoms with van der Waals surface area (Å²) in [6.07, 6.45) is 0. The van der Waals surface area contributed by atoms with Gasteiger partial charge in [0, 0.05) is 17.0 Å². The quantitative estimate of drug-likeness (QED) is 0.611. The smallest absolute Gasteiger partial charge is 0.335 e. The molecule has 0 aliphatic rings. The van der Waals surface area contributed by atoms with E-state index in [4.69, 9.17) is 14.6 Å². The summed E-state index contributed by atoms with van der Waals surface area (Å²) in [7, 11) is 0. The van der Waals surface area contributed by atoms with Crippen LogP contribution < -0.4 is 4.74 Å². The molecule has 0 aliphatic heterocycles. The molecule has 2 rings (SSSR count). The number of carboxylic acids is 1. The summed E-state index contributed by atoms with van der Waals surface area (Å²) in [5, 5.41) is 9.13. The summed E-state index contributed by atoms with van der Waals surface area (Å²) >= 11 is 3.41. The molecule has 120 valence electrons. The van der Waals surface area contributed by atoms with Crippen molar-refractivity contribution < 1.29 is 24.2 Å². The van der Waals surface area contributed by atoms with Gasteiger partial charge in [0.1, 0.15) is 19.0 Å². The van der Waals surface area contributed by atoms with Crippen molar-refractivity contribution in [2.24, 2.45) is 0 Å². The van der Waals surface area contributed by atoms with E-state index in [1.165, 1.54) is 19.1 Å². The van der Waals surface area contributed by atoms with E-state index in [1.807, 2.05) is 24.3 Å². The fraction of sp³-hybridized carbons (Fsp3) is 0.176. The van der Waals surface area contributed by atoms with Crippen molar-refractivity contribution in [2.45, 2.75) is 6.92 Å². The fourth-order valence-electron chi connectivity index (χ4n) is 2.01. The summed E-state index contributed by atoms with van der Waals surface area (Å²) in [6, 6.07) is 12.3. The number of benzene rings is 2. The molecule has 0 bridgehead atoms. The molecule has 2 aromatic carbocycles. The lowest BCUT2D eigenvalue weighted by Crippen LogP contribution is -2.10. The Morgan fingerprint density at radius 3 is 2.57 bits per heavy atom. The highest BCUT2D eigenvalue weighted by Gasteiger charge is 2.12. The molecule has 0 radical (unpaired) electrons. The SMILES string of the molecule is CC(=O)OCCOc1cc(C(=O)O)ccc1-c1cccc(Br)c1. The van der Waals surface area contributed by atoms with Crippen LogP contribution in [0.3, 0.4) is 0 Å². The van der Waals surface area contributed by atoms with Gasteiger partial charge in [-0.25, -0.2) is 4.79 Å². The van der Waals surface area contributed by atoms with E-state index < -0.39 is 5.97 Å². The van der Waals surface area contributed by atoms with Gasteiger partial charge in [0.25, 0.3) is 0 Å². The minimum Gasteiger partial charge on any atom is -0.489 e. The van der Waals surface area contributed by atoms with Gasteiger partial charge in [-0.05, 0) is 35.9 Å². The number of rotatable bonds is 6. The number of esters is 1. The molecule has 0 saturated carbocycles. The molecule has 0 atom stereocenters. The molecule has 6 heteroatoms.